The number of rotatable bonds is 8. The van der Waals surface area contributed by atoms with Crippen molar-refractivity contribution >= 4 is 34.2 Å². The van der Waals surface area contributed by atoms with Crippen molar-refractivity contribution in [1.29, 1.82) is 0 Å². The molecule has 0 aliphatic carbocycles. The molecular weight excluding hydrogens is 528 g/mol. The summed E-state index contributed by atoms with van der Waals surface area (Å²) in [5.41, 5.74) is 1.90. The van der Waals surface area contributed by atoms with Crippen LogP contribution in [0.15, 0.2) is 75.7 Å². The second-order valence-corrected chi connectivity index (χ2v) is 10.0. The van der Waals surface area contributed by atoms with Crippen LogP contribution in [0.5, 0.6) is 17.2 Å². The van der Waals surface area contributed by atoms with Crippen molar-refractivity contribution in [2.24, 2.45) is 4.99 Å². The van der Waals surface area contributed by atoms with E-state index in [0.29, 0.717) is 55.6 Å². The van der Waals surface area contributed by atoms with Gasteiger partial charge in [0.1, 0.15) is 11.8 Å². The Morgan fingerprint density at radius 2 is 1.77 bits per heavy atom. The second-order valence-electron chi connectivity index (χ2n) is 9.02. The van der Waals surface area contributed by atoms with Crippen molar-refractivity contribution in [3.8, 4) is 17.2 Å². The fourth-order valence-corrected chi connectivity index (χ4v) is 6.08. The lowest BCUT2D eigenvalue weighted by Crippen LogP contribution is -2.40. The number of carbonyl (C=O) groups is 1. The van der Waals surface area contributed by atoms with E-state index in [2.05, 4.69) is 0 Å². The Balaban J connectivity index is 1.84. The zero-order chi connectivity index (χ0) is 28.4. The Labute approximate surface area is 235 Å². The van der Waals surface area contributed by atoms with Crippen molar-refractivity contribution < 1.29 is 23.7 Å². The smallest absolute Gasteiger partial charge is 0.338 e. The van der Waals surface area contributed by atoms with Crippen LogP contribution < -0.4 is 29.1 Å². The van der Waals surface area contributed by atoms with Gasteiger partial charge in [0.15, 0.2) is 16.3 Å². The van der Waals surface area contributed by atoms with Gasteiger partial charge in [0.2, 0.25) is 0 Å². The number of thiazole rings is 1. The highest BCUT2D eigenvalue weighted by Gasteiger charge is 2.36. The molecule has 9 heteroatoms. The van der Waals surface area contributed by atoms with Crippen molar-refractivity contribution in [2.75, 3.05) is 27.4 Å². The third-order valence-electron chi connectivity index (χ3n) is 6.75. The molecule has 0 saturated heterocycles. The summed E-state index contributed by atoms with van der Waals surface area (Å²) in [6.45, 7) is 6.03. The topological polar surface area (TPSA) is 88.4 Å². The number of carbonyl (C=O) groups excluding carboxylic acids is 1. The number of methoxy groups -OCH3 is 2. The summed E-state index contributed by atoms with van der Waals surface area (Å²) in [6.07, 6.45) is 1.78. The molecule has 0 N–H and O–H groups in total. The molecule has 0 bridgehead atoms. The van der Waals surface area contributed by atoms with E-state index < -0.39 is 12.0 Å². The minimum absolute atomic E-state index is 0.190. The molecule has 1 aromatic heterocycles. The maximum absolute atomic E-state index is 14.2. The maximum atomic E-state index is 14.2. The fourth-order valence-electron chi connectivity index (χ4n) is 5.05. The Hall–Kier alpha value is -4.37. The molecule has 0 spiro atoms. The molecule has 0 amide bonds. The first-order valence-electron chi connectivity index (χ1n) is 13.0. The van der Waals surface area contributed by atoms with E-state index in [-0.39, 0.29) is 12.2 Å². The van der Waals surface area contributed by atoms with Crippen LogP contribution in [0.2, 0.25) is 0 Å². The van der Waals surface area contributed by atoms with Crippen molar-refractivity contribution in [1.82, 2.24) is 4.57 Å². The van der Waals surface area contributed by atoms with Gasteiger partial charge in [-0.25, -0.2) is 9.79 Å². The minimum atomic E-state index is -0.810. The molecule has 4 aromatic rings. The average Bonchev–Trinajstić information content (AvgIpc) is 3.26. The highest BCUT2D eigenvalue weighted by Crippen LogP contribution is 2.40. The minimum Gasteiger partial charge on any atom is -0.496 e. The van der Waals surface area contributed by atoms with E-state index in [1.807, 2.05) is 61.5 Å². The van der Waals surface area contributed by atoms with Crippen LogP contribution in [-0.2, 0) is 9.53 Å². The molecule has 0 fully saturated rings. The summed E-state index contributed by atoms with van der Waals surface area (Å²) in [4.78, 5) is 32.8. The van der Waals surface area contributed by atoms with Gasteiger partial charge < -0.3 is 18.9 Å². The lowest BCUT2D eigenvalue weighted by Gasteiger charge is -2.27. The van der Waals surface area contributed by atoms with E-state index in [0.717, 1.165) is 10.8 Å². The first-order chi connectivity index (χ1) is 19.4. The number of aromatic nitrogens is 1. The van der Waals surface area contributed by atoms with Gasteiger partial charge in [-0.3, -0.25) is 9.36 Å². The normalized spacial score (nSPS) is 15.0. The molecule has 0 unspecified atom stereocenters. The van der Waals surface area contributed by atoms with E-state index in [9.17, 15) is 9.59 Å². The Kier molecular flexibility index (Phi) is 7.75. The summed E-state index contributed by atoms with van der Waals surface area (Å²) in [5, 5.41) is 1.82. The number of ether oxygens (including phenoxy) is 4. The zero-order valence-corrected chi connectivity index (χ0v) is 23.8. The van der Waals surface area contributed by atoms with Crippen LogP contribution in [0.4, 0.5) is 0 Å². The van der Waals surface area contributed by atoms with Gasteiger partial charge in [0.25, 0.3) is 5.56 Å². The van der Waals surface area contributed by atoms with Crippen molar-refractivity contribution in [2.45, 2.75) is 26.8 Å². The molecular formula is C31H30N2O6S. The summed E-state index contributed by atoms with van der Waals surface area (Å²) >= 11 is 1.25. The van der Waals surface area contributed by atoms with Crippen LogP contribution in [0, 0.1) is 0 Å². The molecule has 1 aliphatic rings. The zero-order valence-electron chi connectivity index (χ0n) is 23.0. The van der Waals surface area contributed by atoms with Gasteiger partial charge in [0.05, 0.1) is 43.2 Å². The molecule has 0 radical (unpaired) electrons. The summed E-state index contributed by atoms with van der Waals surface area (Å²) in [7, 11) is 3.16. The summed E-state index contributed by atoms with van der Waals surface area (Å²) < 4.78 is 24.6. The predicted molar refractivity (Wildman–Crippen MR) is 155 cm³/mol. The molecule has 3 aromatic carbocycles. The van der Waals surface area contributed by atoms with Crippen LogP contribution in [-0.4, -0.2) is 38.0 Å². The number of benzene rings is 3. The largest absolute Gasteiger partial charge is 0.496 e. The standard InChI is InChI=1S/C31H30N2O6S/c1-6-38-28-20(12-10-14-23(28)37-5)17-24-29(34)33-27(25(30(35)39-7-2)18(3)32-31(33)40-24)26-21-13-9-8-11-19(21)15-16-22(26)36-4/h8-17,27H,6-7H2,1-5H3/b24-17-/t27-/m0/s1. The Bertz CT molecular complexity index is 1820. The number of hydrogen-bond donors (Lipinski definition) is 0. The molecule has 5 rings (SSSR count). The van der Waals surface area contributed by atoms with Crippen LogP contribution in [0.3, 0.4) is 0 Å². The van der Waals surface area contributed by atoms with Gasteiger partial charge in [-0.15, -0.1) is 0 Å². The van der Waals surface area contributed by atoms with Gasteiger partial charge in [0, 0.05) is 11.1 Å². The number of fused-ring (bicyclic) bond motifs is 2. The summed E-state index contributed by atoms with van der Waals surface area (Å²) in [6, 6.07) is 16.3. The van der Waals surface area contributed by atoms with Crippen molar-refractivity contribution in [3.63, 3.8) is 0 Å². The Morgan fingerprint density at radius 1 is 1.00 bits per heavy atom. The molecule has 1 atom stereocenters. The quantitative estimate of drug-likeness (QED) is 0.299. The van der Waals surface area contributed by atoms with Crippen LogP contribution in [0.25, 0.3) is 16.8 Å². The van der Waals surface area contributed by atoms with E-state index in [1.54, 1.807) is 38.7 Å². The van der Waals surface area contributed by atoms with Crippen molar-refractivity contribution in [3.05, 3.63) is 96.7 Å². The number of para-hydroxylation sites is 1. The SMILES string of the molecule is CCOC(=O)C1=C(C)N=c2s/c(=C\c3cccc(OC)c3OCC)c(=O)n2[C@@H]1c1c(OC)ccc2ccccc12. The summed E-state index contributed by atoms with van der Waals surface area (Å²) in [5.74, 6) is 1.15. The number of allylic oxidation sites excluding steroid dienone is 1. The third-order valence-corrected chi connectivity index (χ3v) is 7.73. The first kappa shape index (κ1) is 27.2. The molecule has 0 saturated carbocycles. The number of esters is 1. The molecule has 40 heavy (non-hydrogen) atoms. The van der Waals surface area contributed by atoms with Gasteiger partial charge in [-0.2, -0.15) is 0 Å². The van der Waals surface area contributed by atoms with Gasteiger partial charge in [-0.1, -0.05) is 53.8 Å². The predicted octanol–water partition coefficient (Wildman–Crippen LogP) is 4.37. The molecule has 2 heterocycles. The lowest BCUT2D eigenvalue weighted by atomic mass is 9.90. The third kappa shape index (κ3) is 4.66. The highest BCUT2D eigenvalue weighted by atomic mass is 32.1. The number of hydrogen-bond acceptors (Lipinski definition) is 8. The molecule has 8 nitrogen and oxygen atoms in total. The van der Waals surface area contributed by atoms with E-state index in [1.165, 1.54) is 11.3 Å². The Morgan fingerprint density at radius 3 is 2.50 bits per heavy atom. The van der Waals surface area contributed by atoms with Gasteiger partial charge in [-0.05, 0) is 49.8 Å². The maximum Gasteiger partial charge on any atom is 0.338 e. The monoisotopic (exact) mass is 558 g/mol. The molecule has 206 valence electrons. The van der Waals surface area contributed by atoms with E-state index >= 15 is 0 Å². The van der Waals surface area contributed by atoms with E-state index in [4.69, 9.17) is 23.9 Å². The fraction of sp³-hybridized carbons (Fsp3) is 0.258. The number of nitrogens with zero attached hydrogens (tertiary/aromatic N) is 2. The molecule has 1 aliphatic heterocycles. The second kappa shape index (κ2) is 11.4. The van der Waals surface area contributed by atoms with Crippen LogP contribution >= 0.6 is 11.3 Å². The lowest BCUT2D eigenvalue weighted by molar-refractivity contribution is -0.139. The first-order valence-corrected chi connectivity index (χ1v) is 13.8. The highest BCUT2D eigenvalue weighted by molar-refractivity contribution is 7.07. The average molecular weight is 559 g/mol. The van der Waals surface area contributed by atoms with Gasteiger partial charge >= 0.3 is 5.97 Å². The van der Waals surface area contributed by atoms with Crippen LogP contribution in [0.1, 0.15) is 37.9 Å².